The van der Waals surface area contributed by atoms with Gasteiger partial charge in [0.05, 0.1) is 13.2 Å². The molecule has 2 rings (SSSR count). The number of carbonyl (C=O) groups is 2. The highest BCUT2D eigenvalue weighted by Gasteiger charge is 2.29. The summed E-state index contributed by atoms with van der Waals surface area (Å²) in [5, 5.41) is 3.29. The molecule has 3 N–H and O–H groups in total. The zero-order valence-corrected chi connectivity index (χ0v) is 11.0. The van der Waals surface area contributed by atoms with Crippen LogP contribution in [-0.2, 0) is 14.3 Å². The van der Waals surface area contributed by atoms with Crippen LogP contribution in [0.5, 0.6) is 0 Å². The lowest BCUT2D eigenvalue weighted by Crippen LogP contribution is -2.43. The topological polar surface area (TPSA) is 84.7 Å². The first kappa shape index (κ1) is 15.1. The number of nitrogens with zero attached hydrogens (tertiary/aromatic N) is 1. The lowest BCUT2D eigenvalue weighted by atomic mass is 10.2. The second-order valence-corrected chi connectivity index (χ2v) is 4.55. The van der Waals surface area contributed by atoms with Gasteiger partial charge in [0.2, 0.25) is 0 Å². The molecule has 0 aromatic carbocycles. The molecule has 0 aromatic rings. The average molecular weight is 257 g/mol. The van der Waals surface area contributed by atoms with Gasteiger partial charge in [0.1, 0.15) is 0 Å². The van der Waals surface area contributed by atoms with E-state index in [1.54, 1.807) is 0 Å². The van der Waals surface area contributed by atoms with E-state index in [0.717, 1.165) is 39.1 Å². The molecule has 0 radical (unpaired) electrons. The molecular weight excluding hydrogens is 234 g/mol. The minimum atomic E-state index is -0.102. The van der Waals surface area contributed by atoms with E-state index in [-0.39, 0.29) is 17.8 Å². The summed E-state index contributed by atoms with van der Waals surface area (Å²) in [6.45, 7) is 5.34. The maximum Gasteiger partial charge on any atom is 0.305 e. The standard InChI is InChI=1S/C9H18N2O2.C3H5NO/c1-13-9(12)3-2-6-11-7-4-10-5-8-11;4-2-1-3(2)5/h10H,2-8H2,1H3;2H,1,4H2. The average Bonchev–Trinajstić information content (AvgIpc) is 3.04. The van der Waals surface area contributed by atoms with Crippen LogP contribution >= 0.6 is 0 Å². The summed E-state index contributed by atoms with van der Waals surface area (Å²) in [4.78, 5) is 22.9. The van der Waals surface area contributed by atoms with Crippen molar-refractivity contribution >= 4 is 11.8 Å². The summed E-state index contributed by atoms with van der Waals surface area (Å²) in [5.74, 6) is 0.0973. The number of esters is 1. The number of rotatable bonds is 4. The zero-order chi connectivity index (χ0) is 13.4. The van der Waals surface area contributed by atoms with Crippen LogP contribution in [-0.4, -0.2) is 62.5 Å². The summed E-state index contributed by atoms with van der Waals surface area (Å²) in [6, 6.07) is -0.0880. The van der Waals surface area contributed by atoms with E-state index in [0.29, 0.717) is 12.8 Å². The van der Waals surface area contributed by atoms with Crippen LogP contribution in [0, 0.1) is 0 Å². The van der Waals surface area contributed by atoms with Crippen LogP contribution in [0.4, 0.5) is 0 Å². The van der Waals surface area contributed by atoms with E-state index in [9.17, 15) is 9.59 Å². The van der Waals surface area contributed by atoms with Crippen LogP contribution in [0.25, 0.3) is 0 Å². The summed E-state index contributed by atoms with van der Waals surface area (Å²) >= 11 is 0. The number of methoxy groups -OCH3 is 1. The molecule has 1 saturated carbocycles. The molecule has 1 unspecified atom stereocenters. The van der Waals surface area contributed by atoms with Crippen LogP contribution < -0.4 is 11.1 Å². The van der Waals surface area contributed by atoms with Crippen LogP contribution in [0.15, 0.2) is 0 Å². The summed E-state index contributed by atoms with van der Waals surface area (Å²) in [6.07, 6.45) is 2.06. The first-order chi connectivity index (χ1) is 8.63. The molecule has 1 heterocycles. The molecular formula is C12H23N3O3. The quantitative estimate of drug-likeness (QED) is 0.637. The van der Waals surface area contributed by atoms with Gasteiger partial charge in [-0.15, -0.1) is 0 Å². The van der Waals surface area contributed by atoms with Gasteiger partial charge < -0.3 is 20.7 Å². The number of nitrogens with two attached hydrogens (primary N) is 1. The largest absolute Gasteiger partial charge is 0.469 e. The summed E-state index contributed by atoms with van der Waals surface area (Å²) in [7, 11) is 1.44. The van der Waals surface area contributed by atoms with Crippen molar-refractivity contribution in [3.63, 3.8) is 0 Å². The number of ketones is 1. The van der Waals surface area contributed by atoms with Gasteiger partial charge in [0.15, 0.2) is 5.78 Å². The van der Waals surface area contributed by atoms with E-state index < -0.39 is 0 Å². The zero-order valence-electron chi connectivity index (χ0n) is 11.0. The second-order valence-electron chi connectivity index (χ2n) is 4.55. The van der Waals surface area contributed by atoms with E-state index in [4.69, 9.17) is 5.73 Å². The maximum atomic E-state index is 10.8. The van der Waals surface area contributed by atoms with Crippen molar-refractivity contribution in [3.8, 4) is 0 Å². The Balaban J connectivity index is 0.000000269. The Labute approximate surface area is 108 Å². The second kappa shape index (κ2) is 8.18. The van der Waals surface area contributed by atoms with Gasteiger partial charge in [0.25, 0.3) is 0 Å². The molecule has 6 nitrogen and oxygen atoms in total. The predicted molar refractivity (Wildman–Crippen MR) is 68.2 cm³/mol. The number of piperazine rings is 1. The number of nitrogens with one attached hydrogen (secondary N) is 1. The molecule has 0 bridgehead atoms. The Hall–Kier alpha value is -0.980. The SMILES string of the molecule is COC(=O)CCCN1CCNCC1.NC1CC1=O. The van der Waals surface area contributed by atoms with Gasteiger partial charge in [-0.25, -0.2) is 0 Å². The van der Waals surface area contributed by atoms with Crippen molar-refractivity contribution in [2.45, 2.75) is 25.3 Å². The van der Waals surface area contributed by atoms with Gasteiger partial charge in [-0.3, -0.25) is 9.59 Å². The van der Waals surface area contributed by atoms with Gasteiger partial charge in [0, 0.05) is 39.0 Å². The fourth-order valence-corrected chi connectivity index (χ4v) is 1.64. The normalized spacial score (nSPS) is 23.0. The lowest BCUT2D eigenvalue weighted by molar-refractivity contribution is -0.140. The highest BCUT2D eigenvalue weighted by atomic mass is 16.5. The molecule has 1 atom stereocenters. The molecule has 0 aromatic heterocycles. The molecule has 18 heavy (non-hydrogen) atoms. The van der Waals surface area contributed by atoms with Crippen molar-refractivity contribution in [1.82, 2.24) is 10.2 Å². The van der Waals surface area contributed by atoms with Crippen molar-refractivity contribution in [3.05, 3.63) is 0 Å². The third-order valence-corrected chi connectivity index (χ3v) is 2.97. The third-order valence-electron chi connectivity index (χ3n) is 2.97. The number of hydrogen-bond donors (Lipinski definition) is 2. The van der Waals surface area contributed by atoms with E-state index >= 15 is 0 Å². The molecule has 2 aliphatic rings. The van der Waals surface area contributed by atoms with E-state index in [1.807, 2.05) is 0 Å². The smallest absolute Gasteiger partial charge is 0.305 e. The number of carbonyl (C=O) groups excluding carboxylic acids is 2. The highest BCUT2D eigenvalue weighted by molar-refractivity contribution is 5.99. The van der Waals surface area contributed by atoms with Gasteiger partial charge in [-0.1, -0.05) is 0 Å². The number of ether oxygens (including phenoxy) is 1. The Kier molecular flexibility index (Phi) is 6.85. The minimum absolute atomic E-state index is 0.0880. The van der Waals surface area contributed by atoms with Crippen molar-refractivity contribution < 1.29 is 14.3 Å². The molecule has 6 heteroatoms. The molecule has 0 spiro atoms. The fraction of sp³-hybridized carbons (Fsp3) is 0.833. The first-order valence-electron chi connectivity index (χ1n) is 6.41. The maximum absolute atomic E-state index is 10.8. The van der Waals surface area contributed by atoms with Crippen LogP contribution in [0.2, 0.25) is 0 Å². The monoisotopic (exact) mass is 257 g/mol. The minimum Gasteiger partial charge on any atom is -0.469 e. The Morgan fingerprint density at radius 3 is 2.50 bits per heavy atom. The third kappa shape index (κ3) is 6.68. The van der Waals surface area contributed by atoms with Gasteiger partial charge in [-0.2, -0.15) is 0 Å². The number of Topliss-reactive ketones (excluding diaryl/α,β-unsaturated/α-hetero) is 1. The Bertz CT molecular complexity index is 278. The molecule has 104 valence electrons. The lowest BCUT2D eigenvalue weighted by Gasteiger charge is -2.26. The summed E-state index contributed by atoms with van der Waals surface area (Å²) < 4.78 is 4.57. The number of hydrogen-bond acceptors (Lipinski definition) is 6. The molecule has 1 aliphatic heterocycles. The Morgan fingerprint density at radius 2 is 2.06 bits per heavy atom. The van der Waals surface area contributed by atoms with Gasteiger partial charge >= 0.3 is 5.97 Å². The highest BCUT2D eigenvalue weighted by Crippen LogP contribution is 2.07. The predicted octanol–water partition coefficient (Wildman–Crippen LogP) is -0.869. The Morgan fingerprint density at radius 1 is 1.50 bits per heavy atom. The molecule has 1 saturated heterocycles. The molecule has 1 aliphatic carbocycles. The van der Waals surface area contributed by atoms with E-state index in [1.165, 1.54) is 7.11 Å². The summed E-state index contributed by atoms with van der Waals surface area (Å²) in [5.41, 5.74) is 5.02. The van der Waals surface area contributed by atoms with Gasteiger partial charge in [-0.05, 0) is 13.0 Å². The molecule has 0 amide bonds. The van der Waals surface area contributed by atoms with Crippen molar-refractivity contribution in [1.29, 1.82) is 0 Å². The van der Waals surface area contributed by atoms with Crippen molar-refractivity contribution in [2.75, 3.05) is 39.8 Å². The fourth-order valence-electron chi connectivity index (χ4n) is 1.64. The van der Waals surface area contributed by atoms with Crippen LogP contribution in [0.1, 0.15) is 19.3 Å². The first-order valence-corrected chi connectivity index (χ1v) is 6.41. The van der Waals surface area contributed by atoms with E-state index in [2.05, 4.69) is 15.0 Å². The molecule has 2 fully saturated rings. The van der Waals surface area contributed by atoms with Crippen LogP contribution in [0.3, 0.4) is 0 Å². The van der Waals surface area contributed by atoms with Crippen molar-refractivity contribution in [2.24, 2.45) is 5.73 Å².